The predicted octanol–water partition coefficient (Wildman–Crippen LogP) is 4.26. The first kappa shape index (κ1) is 16.6. The van der Waals surface area contributed by atoms with Gasteiger partial charge in [-0.15, -0.1) is 0 Å². The molecule has 4 nitrogen and oxygen atoms in total. The molecule has 1 amide bonds. The van der Waals surface area contributed by atoms with Crippen LogP contribution in [0.1, 0.15) is 31.0 Å². The minimum atomic E-state index is -0.0977. The molecule has 0 atom stereocenters. The fraction of sp³-hybridized carbons (Fsp3) is 0.263. The van der Waals surface area contributed by atoms with Crippen LogP contribution >= 0.6 is 11.8 Å². The van der Waals surface area contributed by atoms with Crippen LogP contribution in [-0.2, 0) is 18.3 Å². The molecule has 24 heavy (non-hydrogen) atoms. The minimum absolute atomic E-state index is 0.0977. The number of hydrogen-bond acceptors (Lipinski definition) is 3. The highest BCUT2D eigenvalue weighted by Crippen LogP contribution is 2.28. The number of benzene rings is 1. The summed E-state index contributed by atoms with van der Waals surface area (Å²) in [6, 6.07) is 12.2. The van der Waals surface area contributed by atoms with Crippen LogP contribution in [0.2, 0.25) is 0 Å². The first-order valence-corrected chi connectivity index (χ1v) is 8.97. The first-order valence-electron chi connectivity index (χ1n) is 8.15. The average molecular weight is 339 g/mol. The average Bonchev–Trinajstić information content (AvgIpc) is 3.13. The summed E-state index contributed by atoms with van der Waals surface area (Å²) in [5.41, 5.74) is 3.18. The van der Waals surface area contributed by atoms with Crippen LogP contribution in [0.5, 0.6) is 0 Å². The molecule has 5 heteroatoms. The van der Waals surface area contributed by atoms with Crippen LogP contribution in [0.3, 0.4) is 0 Å². The second-order valence-electron chi connectivity index (χ2n) is 5.80. The Balaban J connectivity index is 1.72. The number of hydrogen-bond donors (Lipinski definition) is 1. The van der Waals surface area contributed by atoms with Crippen LogP contribution < -0.4 is 5.32 Å². The molecule has 1 N–H and O–H groups in total. The van der Waals surface area contributed by atoms with Crippen molar-refractivity contribution < 1.29 is 4.79 Å². The van der Waals surface area contributed by atoms with Gasteiger partial charge in [-0.1, -0.05) is 25.5 Å². The quantitative estimate of drug-likeness (QED) is 0.827. The lowest BCUT2D eigenvalue weighted by Gasteiger charge is -2.01. The number of amides is 1. The van der Waals surface area contributed by atoms with E-state index in [0.717, 1.165) is 17.8 Å². The van der Waals surface area contributed by atoms with Gasteiger partial charge in [0.25, 0.3) is 5.91 Å². The maximum atomic E-state index is 12.1. The SMILES string of the molecule is CCCCc1ccc(N=C2NC(=O)C(=Cc3cccn3C)S2)cc1. The van der Waals surface area contributed by atoms with Gasteiger partial charge in [0.15, 0.2) is 5.17 Å². The summed E-state index contributed by atoms with van der Waals surface area (Å²) in [4.78, 5) is 17.3. The summed E-state index contributed by atoms with van der Waals surface area (Å²) in [5, 5.41) is 3.46. The fourth-order valence-electron chi connectivity index (χ4n) is 2.47. The third kappa shape index (κ3) is 3.97. The van der Waals surface area contributed by atoms with Crippen LogP contribution in [0.4, 0.5) is 5.69 Å². The first-order chi connectivity index (χ1) is 11.7. The minimum Gasteiger partial charge on any atom is -0.351 e. The van der Waals surface area contributed by atoms with Crippen molar-refractivity contribution in [2.45, 2.75) is 26.2 Å². The molecule has 2 heterocycles. The highest BCUT2D eigenvalue weighted by atomic mass is 32.2. The number of thioether (sulfide) groups is 1. The number of carbonyl (C=O) groups is 1. The smallest absolute Gasteiger partial charge is 0.264 e. The zero-order chi connectivity index (χ0) is 16.9. The fourth-order valence-corrected chi connectivity index (χ4v) is 3.30. The van der Waals surface area contributed by atoms with Crippen molar-refractivity contribution in [1.82, 2.24) is 9.88 Å². The molecule has 0 aliphatic carbocycles. The van der Waals surface area contributed by atoms with Crippen LogP contribution in [-0.4, -0.2) is 15.6 Å². The van der Waals surface area contributed by atoms with Gasteiger partial charge in [-0.05, 0) is 60.5 Å². The van der Waals surface area contributed by atoms with E-state index in [1.165, 1.54) is 30.2 Å². The Labute approximate surface area is 146 Å². The number of rotatable bonds is 5. The van der Waals surface area contributed by atoms with E-state index in [-0.39, 0.29) is 5.91 Å². The third-order valence-corrected chi connectivity index (χ3v) is 4.81. The Morgan fingerprint density at radius 1 is 1.25 bits per heavy atom. The molecule has 0 unspecified atom stereocenters. The Bertz CT molecular complexity index is 787. The molecular formula is C19H21N3OS. The van der Waals surface area contributed by atoms with Crippen molar-refractivity contribution in [3.05, 3.63) is 58.8 Å². The summed E-state index contributed by atoms with van der Waals surface area (Å²) in [5.74, 6) is -0.0977. The van der Waals surface area contributed by atoms with E-state index in [2.05, 4.69) is 29.4 Å². The molecule has 124 valence electrons. The number of aromatic nitrogens is 1. The van der Waals surface area contributed by atoms with Crippen LogP contribution in [0.25, 0.3) is 6.08 Å². The van der Waals surface area contributed by atoms with Crippen molar-refractivity contribution >= 4 is 34.6 Å². The lowest BCUT2D eigenvalue weighted by Crippen LogP contribution is -2.19. The molecule has 0 saturated carbocycles. The molecule has 1 aromatic heterocycles. The number of amidine groups is 1. The maximum absolute atomic E-state index is 12.1. The van der Waals surface area contributed by atoms with Crippen molar-refractivity contribution in [2.75, 3.05) is 0 Å². The molecule has 2 aromatic rings. The lowest BCUT2D eigenvalue weighted by molar-refractivity contribution is -0.115. The second kappa shape index (κ2) is 7.53. The molecule has 0 bridgehead atoms. The number of carbonyl (C=O) groups excluding carboxylic acids is 1. The zero-order valence-electron chi connectivity index (χ0n) is 14.0. The molecule has 1 saturated heterocycles. The monoisotopic (exact) mass is 339 g/mol. The number of unbranched alkanes of at least 4 members (excludes halogenated alkanes) is 1. The third-order valence-electron chi connectivity index (χ3n) is 3.90. The largest absolute Gasteiger partial charge is 0.351 e. The second-order valence-corrected chi connectivity index (χ2v) is 6.83. The van der Waals surface area contributed by atoms with E-state index in [4.69, 9.17) is 0 Å². The highest BCUT2D eigenvalue weighted by Gasteiger charge is 2.24. The van der Waals surface area contributed by atoms with E-state index in [1.807, 2.05) is 48.2 Å². The molecule has 3 rings (SSSR count). The summed E-state index contributed by atoms with van der Waals surface area (Å²) in [6.07, 6.45) is 7.34. The summed E-state index contributed by atoms with van der Waals surface area (Å²) in [6.45, 7) is 2.20. The van der Waals surface area contributed by atoms with Crippen molar-refractivity contribution in [2.24, 2.45) is 12.0 Å². The van der Waals surface area contributed by atoms with E-state index in [9.17, 15) is 4.79 Å². The standard InChI is InChI=1S/C19H21N3OS/c1-3-4-6-14-8-10-15(11-9-14)20-19-21-18(23)17(24-19)13-16-7-5-12-22(16)2/h5,7-13H,3-4,6H2,1-2H3,(H,20,21,23). The Morgan fingerprint density at radius 2 is 2.04 bits per heavy atom. The number of aryl methyl sites for hydroxylation is 2. The zero-order valence-corrected chi connectivity index (χ0v) is 14.8. The summed E-state index contributed by atoms with van der Waals surface area (Å²) >= 11 is 1.38. The van der Waals surface area contributed by atoms with Gasteiger partial charge < -0.3 is 9.88 Å². The maximum Gasteiger partial charge on any atom is 0.264 e. The van der Waals surface area contributed by atoms with Gasteiger partial charge in [0.05, 0.1) is 10.6 Å². The molecular weight excluding hydrogens is 318 g/mol. The molecule has 1 aliphatic rings. The van der Waals surface area contributed by atoms with Crippen LogP contribution in [0.15, 0.2) is 52.5 Å². The Morgan fingerprint density at radius 3 is 2.71 bits per heavy atom. The number of nitrogens with one attached hydrogen (secondary N) is 1. The summed E-state index contributed by atoms with van der Waals surface area (Å²) in [7, 11) is 1.96. The topological polar surface area (TPSA) is 46.4 Å². The van der Waals surface area contributed by atoms with E-state index >= 15 is 0 Å². The van der Waals surface area contributed by atoms with Crippen molar-refractivity contribution in [3.8, 4) is 0 Å². The van der Waals surface area contributed by atoms with E-state index < -0.39 is 0 Å². The van der Waals surface area contributed by atoms with Crippen molar-refractivity contribution in [1.29, 1.82) is 0 Å². The van der Waals surface area contributed by atoms with Gasteiger partial charge in [0, 0.05) is 18.9 Å². The van der Waals surface area contributed by atoms with Gasteiger partial charge in [-0.25, -0.2) is 4.99 Å². The highest BCUT2D eigenvalue weighted by molar-refractivity contribution is 8.18. The molecule has 1 fully saturated rings. The Kier molecular flexibility index (Phi) is 5.20. The van der Waals surface area contributed by atoms with Gasteiger partial charge in [-0.3, -0.25) is 4.79 Å². The normalized spacial score (nSPS) is 17.7. The van der Waals surface area contributed by atoms with E-state index in [1.54, 1.807) is 0 Å². The molecule has 1 aliphatic heterocycles. The summed E-state index contributed by atoms with van der Waals surface area (Å²) < 4.78 is 1.98. The molecule has 0 radical (unpaired) electrons. The molecule has 1 aromatic carbocycles. The lowest BCUT2D eigenvalue weighted by atomic mass is 10.1. The molecule has 0 spiro atoms. The van der Waals surface area contributed by atoms with E-state index in [0.29, 0.717) is 10.1 Å². The van der Waals surface area contributed by atoms with Gasteiger partial charge >= 0.3 is 0 Å². The van der Waals surface area contributed by atoms with Crippen molar-refractivity contribution in [3.63, 3.8) is 0 Å². The van der Waals surface area contributed by atoms with Gasteiger partial charge in [-0.2, -0.15) is 0 Å². The van der Waals surface area contributed by atoms with Gasteiger partial charge in [0.1, 0.15) is 0 Å². The predicted molar refractivity (Wildman–Crippen MR) is 101 cm³/mol. The Hall–Kier alpha value is -2.27. The number of nitrogens with zero attached hydrogens (tertiary/aromatic N) is 2. The van der Waals surface area contributed by atoms with Gasteiger partial charge in [0.2, 0.25) is 0 Å². The van der Waals surface area contributed by atoms with Crippen LogP contribution in [0, 0.1) is 0 Å². The number of aliphatic imine (C=N–C) groups is 1.